The summed E-state index contributed by atoms with van der Waals surface area (Å²) in [7, 11) is 0. The van der Waals surface area contributed by atoms with Crippen molar-refractivity contribution < 1.29 is 5.11 Å². The Morgan fingerprint density at radius 3 is 2.83 bits per heavy atom. The van der Waals surface area contributed by atoms with Crippen LogP contribution in [0, 0.1) is 5.92 Å². The largest absolute Gasteiger partial charge is 0.396 e. The molecule has 3 rings (SSSR count). The average Bonchev–Trinajstić information content (AvgIpc) is 3.04. The van der Waals surface area contributed by atoms with E-state index >= 15 is 0 Å². The number of hydrogen-bond donors (Lipinski definition) is 2. The van der Waals surface area contributed by atoms with Gasteiger partial charge >= 0.3 is 0 Å². The Bertz CT molecular complexity index is 633. The van der Waals surface area contributed by atoms with Crippen LogP contribution in [0.5, 0.6) is 0 Å². The van der Waals surface area contributed by atoms with Crippen LogP contribution in [0.4, 0.5) is 5.69 Å². The number of aliphatic hydroxyl groups is 1. The molecule has 0 saturated carbocycles. The normalized spacial score (nSPS) is 17.2. The Morgan fingerprint density at radius 2 is 2.13 bits per heavy atom. The SMILES string of the molecule is CC(C)c1cc(NCCN2CCC(CO)CC2)c2nncn2n1. The molecule has 1 aliphatic heterocycles. The molecule has 0 unspecified atom stereocenters. The molecule has 1 saturated heterocycles. The number of nitrogens with one attached hydrogen (secondary N) is 1. The summed E-state index contributed by atoms with van der Waals surface area (Å²) in [5.74, 6) is 0.850. The number of piperidine rings is 1. The molecule has 1 fully saturated rings. The summed E-state index contributed by atoms with van der Waals surface area (Å²) < 4.78 is 1.74. The molecule has 0 radical (unpaired) electrons. The van der Waals surface area contributed by atoms with E-state index in [4.69, 9.17) is 0 Å². The lowest BCUT2D eigenvalue weighted by atomic mass is 9.98. The second kappa shape index (κ2) is 7.23. The van der Waals surface area contributed by atoms with E-state index in [1.807, 2.05) is 0 Å². The van der Waals surface area contributed by atoms with Crippen LogP contribution in [0.3, 0.4) is 0 Å². The maximum atomic E-state index is 9.20. The van der Waals surface area contributed by atoms with Crippen molar-refractivity contribution in [3.05, 3.63) is 18.1 Å². The molecule has 0 aromatic carbocycles. The number of fused-ring (bicyclic) bond motifs is 1. The summed E-state index contributed by atoms with van der Waals surface area (Å²) in [4.78, 5) is 2.45. The number of nitrogens with zero attached hydrogens (tertiary/aromatic N) is 5. The van der Waals surface area contributed by atoms with E-state index in [1.54, 1.807) is 10.8 Å². The zero-order valence-corrected chi connectivity index (χ0v) is 13.9. The second-order valence-electron chi connectivity index (χ2n) is 6.63. The summed E-state index contributed by atoms with van der Waals surface area (Å²) in [6.07, 6.45) is 3.83. The van der Waals surface area contributed by atoms with Crippen molar-refractivity contribution in [1.82, 2.24) is 24.7 Å². The molecule has 1 aliphatic rings. The first kappa shape index (κ1) is 16.1. The molecule has 0 atom stereocenters. The van der Waals surface area contributed by atoms with Gasteiger partial charge in [-0.25, -0.2) is 0 Å². The Morgan fingerprint density at radius 1 is 1.35 bits per heavy atom. The van der Waals surface area contributed by atoms with E-state index in [-0.39, 0.29) is 0 Å². The predicted octanol–water partition coefficient (Wildman–Crippen LogP) is 1.36. The highest BCUT2D eigenvalue weighted by Gasteiger charge is 2.18. The van der Waals surface area contributed by atoms with Crippen LogP contribution >= 0.6 is 0 Å². The van der Waals surface area contributed by atoms with Crippen molar-refractivity contribution >= 4 is 11.3 Å². The van der Waals surface area contributed by atoms with Gasteiger partial charge in [0.2, 0.25) is 5.65 Å². The molecule has 23 heavy (non-hydrogen) atoms. The molecule has 0 aliphatic carbocycles. The van der Waals surface area contributed by atoms with Crippen LogP contribution in [-0.2, 0) is 0 Å². The molecular formula is C16H26N6O. The van der Waals surface area contributed by atoms with Gasteiger partial charge in [-0.2, -0.15) is 9.61 Å². The van der Waals surface area contributed by atoms with Crippen molar-refractivity contribution in [2.45, 2.75) is 32.6 Å². The van der Waals surface area contributed by atoms with Crippen LogP contribution in [0.2, 0.25) is 0 Å². The van der Waals surface area contributed by atoms with Gasteiger partial charge in [0.1, 0.15) is 6.33 Å². The van der Waals surface area contributed by atoms with Gasteiger partial charge in [-0.05, 0) is 43.8 Å². The molecule has 2 aromatic rings. The molecule has 2 N–H and O–H groups in total. The molecule has 0 amide bonds. The lowest BCUT2D eigenvalue weighted by Gasteiger charge is -2.31. The molecule has 126 valence electrons. The number of hydrogen-bond acceptors (Lipinski definition) is 6. The third kappa shape index (κ3) is 3.79. The quantitative estimate of drug-likeness (QED) is 0.837. The Labute approximate surface area is 136 Å². The summed E-state index contributed by atoms with van der Waals surface area (Å²) in [6.45, 7) is 8.60. The molecule has 0 bridgehead atoms. The second-order valence-corrected chi connectivity index (χ2v) is 6.63. The summed E-state index contributed by atoms with van der Waals surface area (Å²) in [5.41, 5.74) is 2.79. The molecule has 0 spiro atoms. The molecular weight excluding hydrogens is 292 g/mol. The predicted molar refractivity (Wildman–Crippen MR) is 89.6 cm³/mol. The molecule has 2 aromatic heterocycles. The van der Waals surface area contributed by atoms with E-state index in [1.165, 1.54) is 0 Å². The maximum Gasteiger partial charge on any atom is 0.200 e. The van der Waals surface area contributed by atoms with Gasteiger partial charge in [-0.3, -0.25) is 0 Å². The maximum absolute atomic E-state index is 9.20. The first-order chi connectivity index (χ1) is 11.2. The van der Waals surface area contributed by atoms with E-state index in [0.717, 1.165) is 56.0 Å². The minimum atomic E-state index is 0.325. The lowest BCUT2D eigenvalue weighted by molar-refractivity contribution is 0.134. The third-order valence-electron chi connectivity index (χ3n) is 4.59. The third-order valence-corrected chi connectivity index (χ3v) is 4.59. The highest BCUT2D eigenvalue weighted by atomic mass is 16.3. The van der Waals surface area contributed by atoms with Gasteiger partial charge in [-0.1, -0.05) is 13.8 Å². The monoisotopic (exact) mass is 318 g/mol. The standard InChI is InChI=1S/C16H26N6O/c1-12(2)14-9-15(16-19-18-11-22(16)20-14)17-5-8-21-6-3-13(10-23)4-7-21/h9,11-13,17,23H,3-8,10H2,1-2H3. The summed E-state index contributed by atoms with van der Waals surface area (Å²) in [5, 5.41) is 25.3. The molecule has 7 nitrogen and oxygen atoms in total. The minimum Gasteiger partial charge on any atom is -0.396 e. The van der Waals surface area contributed by atoms with Gasteiger partial charge < -0.3 is 15.3 Å². The first-order valence-electron chi connectivity index (χ1n) is 8.45. The lowest BCUT2D eigenvalue weighted by Crippen LogP contribution is -2.37. The van der Waals surface area contributed by atoms with Crippen molar-refractivity contribution in [2.75, 3.05) is 38.1 Å². The fourth-order valence-electron chi connectivity index (χ4n) is 3.00. The number of anilines is 1. The van der Waals surface area contributed by atoms with Crippen molar-refractivity contribution in [1.29, 1.82) is 0 Å². The average molecular weight is 318 g/mol. The summed E-state index contributed by atoms with van der Waals surface area (Å²) in [6, 6.07) is 2.08. The summed E-state index contributed by atoms with van der Waals surface area (Å²) >= 11 is 0. The zero-order chi connectivity index (χ0) is 16.2. The highest BCUT2D eigenvalue weighted by molar-refractivity contribution is 5.66. The van der Waals surface area contributed by atoms with Crippen LogP contribution < -0.4 is 5.32 Å². The van der Waals surface area contributed by atoms with Gasteiger partial charge in [0.15, 0.2) is 0 Å². The fraction of sp³-hybridized carbons (Fsp3) is 0.688. The highest BCUT2D eigenvalue weighted by Crippen LogP contribution is 2.20. The van der Waals surface area contributed by atoms with E-state index in [2.05, 4.69) is 45.4 Å². The Hall–Kier alpha value is -1.73. The number of aliphatic hydroxyl groups excluding tert-OH is 1. The van der Waals surface area contributed by atoms with Crippen LogP contribution in [-0.4, -0.2) is 62.6 Å². The van der Waals surface area contributed by atoms with E-state index in [9.17, 15) is 5.11 Å². The number of rotatable bonds is 6. The topological polar surface area (TPSA) is 78.6 Å². The van der Waals surface area contributed by atoms with Gasteiger partial charge in [0, 0.05) is 19.7 Å². The van der Waals surface area contributed by atoms with Crippen LogP contribution in [0.15, 0.2) is 12.4 Å². The smallest absolute Gasteiger partial charge is 0.200 e. The van der Waals surface area contributed by atoms with Crippen LogP contribution in [0.1, 0.15) is 38.3 Å². The fourth-order valence-corrected chi connectivity index (χ4v) is 3.00. The molecule has 7 heteroatoms. The van der Waals surface area contributed by atoms with Crippen LogP contribution in [0.25, 0.3) is 5.65 Å². The minimum absolute atomic E-state index is 0.325. The van der Waals surface area contributed by atoms with Gasteiger partial charge in [0.05, 0.1) is 11.4 Å². The van der Waals surface area contributed by atoms with Gasteiger partial charge in [-0.15, -0.1) is 10.2 Å². The number of aromatic nitrogens is 4. The van der Waals surface area contributed by atoms with Gasteiger partial charge in [0.25, 0.3) is 0 Å². The Balaban J connectivity index is 1.60. The van der Waals surface area contributed by atoms with Crippen molar-refractivity contribution in [2.24, 2.45) is 5.92 Å². The zero-order valence-electron chi connectivity index (χ0n) is 13.9. The first-order valence-corrected chi connectivity index (χ1v) is 8.45. The Kier molecular flexibility index (Phi) is 5.07. The molecule has 3 heterocycles. The van der Waals surface area contributed by atoms with Crippen molar-refractivity contribution in [3.8, 4) is 0 Å². The van der Waals surface area contributed by atoms with E-state index < -0.39 is 0 Å². The van der Waals surface area contributed by atoms with E-state index in [0.29, 0.717) is 18.4 Å². The van der Waals surface area contributed by atoms with Crippen molar-refractivity contribution in [3.63, 3.8) is 0 Å². The number of likely N-dealkylation sites (tertiary alicyclic amines) is 1.